The van der Waals surface area contributed by atoms with Gasteiger partial charge in [0, 0.05) is 5.54 Å². The van der Waals surface area contributed by atoms with Crippen LogP contribution in [0.4, 0.5) is 0 Å². The lowest BCUT2D eigenvalue weighted by Gasteiger charge is -2.34. The molecule has 1 saturated heterocycles. The summed E-state index contributed by atoms with van der Waals surface area (Å²) >= 11 is 0. The third kappa shape index (κ3) is 1.57. The zero-order valence-electron chi connectivity index (χ0n) is 8.18. The van der Waals surface area contributed by atoms with Gasteiger partial charge in [0.05, 0.1) is 6.54 Å². The highest BCUT2D eigenvalue weighted by atomic mass is 15.2. The van der Waals surface area contributed by atoms with Crippen molar-refractivity contribution < 1.29 is 0 Å². The van der Waals surface area contributed by atoms with E-state index in [4.69, 9.17) is 11.1 Å². The predicted molar refractivity (Wildman–Crippen MR) is 53.9 cm³/mol. The van der Waals surface area contributed by atoms with E-state index in [2.05, 4.69) is 4.90 Å². The average molecular weight is 181 g/mol. The summed E-state index contributed by atoms with van der Waals surface area (Å²) in [5, 5.41) is 7.34. The van der Waals surface area contributed by atoms with Crippen molar-refractivity contribution in [3.05, 3.63) is 0 Å². The molecule has 1 aliphatic carbocycles. The van der Waals surface area contributed by atoms with Crippen LogP contribution in [-0.4, -0.2) is 29.4 Å². The number of likely N-dealkylation sites (tertiary alicyclic amines) is 1. The van der Waals surface area contributed by atoms with Crippen molar-refractivity contribution in [3.8, 4) is 0 Å². The molecule has 0 amide bonds. The van der Waals surface area contributed by atoms with Crippen molar-refractivity contribution in [2.24, 2.45) is 5.73 Å². The molecule has 3 heteroatoms. The highest BCUT2D eigenvalue weighted by molar-refractivity contribution is 5.79. The molecule has 0 atom stereocenters. The van der Waals surface area contributed by atoms with Crippen LogP contribution in [0.5, 0.6) is 0 Å². The summed E-state index contributed by atoms with van der Waals surface area (Å²) in [7, 11) is 0. The fourth-order valence-corrected chi connectivity index (χ4v) is 3.05. The van der Waals surface area contributed by atoms with E-state index in [9.17, 15) is 0 Å². The molecule has 74 valence electrons. The van der Waals surface area contributed by atoms with E-state index in [-0.39, 0.29) is 0 Å². The second kappa shape index (κ2) is 3.29. The lowest BCUT2D eigenvalue weighted by Crippen LogP contribution is -2.45. The SMILES string of the molecule is N=C(N)CN1CCCC12CCCC2. The maximum Gasteiger partial charge on any atom is 0.105 e. The summed E-state index contributed by atoms with van der Waals surface area (Å²) in [6.45, 7) is 1.85. The van der Waals surface area contributed by atoms with E-state index in [0.717, 1.165) is 6.54 Å². The van der Waals surface area contributed by atoms with Crippen LogP contribution in [0.15, 0.2) is 0 Å². The first-order valence-corrected chi connectivity index (χ1v) is 5.31. The molecule has 0 aromatic rings. The highest BCUT2D eigenvalue weighted by Crippen LogP contribution is 2.42. The third-order valence-corrected chi connectivity index (χ3v) is 3.64. The van der Waals surface area contributed by atoms with Gasteiger partial charge in [-0.3, -0.25) is 10.3 Å². The zero-order valence-corrected chi connectivity index (χ0v) is 8.18. The Morgan fingerprint density at radius 2 is 1.85 bits per heavy atom. The van der Waals surface area contributed by atoms with Crippen molar-refractivity contribution in [3.63, 3.8) is 0 Å². The minimum atomic E-state index is 0.327. The molecule has 2 rings (SSSR count). The van der Waals surface area contributed by atoms with Gasteiger partial charge in [-0.05, 0) is 32.2 Å². The molecule has 0 unspecified atom stereocenters. The molecular weight excluding hydrogens is 162 g/mol. The van der Waals surface area contributed by atoms with Gasteiger partial charge in [0.15, 0.2) is 0 Å². The number of hydrogen-bond donors (Lipinski definition) is 2. The number of amidine groups is 1. The largest absolute Gasteiger partial charge is 0.387 e. The van der Waals surface area contributed by atoms with Gasteiger partial charge in [0.1, 0.15) is 5.84 Å². The Balaban J connectivity index is 2.04. The van der Waals surface area contributed by atoms with E-state index in [1.165, 1.54) is 38.5 Å². The van der Waals surface area contributed by atoms with Gasteiger partial charge in [0.2, 0.25) is 0 Å². The smallest absolute Gasteiger partial charge is 0.105 e. The van der Waals surface area contributed by atoms with Crippen molar-refractivity contribution in [1.29, 1.82) is 5.41 Å². The standard InChI is InChI=1S/C10H19N3/c11-9(12)8-13-7-3-6-10(13)4-1-2-5-10/h1-8H2,(H3,11,12). The number of nitrogens with two attached hydrogens (primary N) is 1. The van der Waals surface area contributed by atoms with E-state index >= 15 is 0 Å². The molecule has 0 bridgehead atoms. The maximum absolute atomic E-state index is 7.34. The second-order valence-electron chi connectivity index (χ2n) is 4.48. The molecule has 0 aromatic heterocycles. The maximum atomic E-state index is 7.34. The van der Waals surface area contributed by atoms with Crippen LogP contribution in [0, 0.1) is 5.41 Å². The quantitative estimate of drug-likeness (QED) is 0.499. The summed E-state index contributed by atoms with van der Waals surface area (Å²) in [4.78, 5) is 2.45. The zero-order chi connectivity index (χ0) is 9.31. The van der Waals surface area contributed by atoms with Crippen LogP contribution >= 0.6 is 0 Å². The normalized spacial score (nSPS) is 27.1. The van der Waals surface area contributed by atoms with Crippen LogP contribution in [0.25, 0.3) is 0 Å². The number of rotatable bonds is 2. The van der Waals surface area contributed by atoms with E-state index in [1.54, 1.807) is 0 Å². The Kier molecular flexibility index (Phi) is 2.28. The molecule has 13 heavy (non-hydrogen) atoms. The lowest BCUT2D eigenvalue weighted by atomic mass is 9.94. The molecule has 3 nitrogen and oxygen atoms in total. The fraction of sp³-hybridized carbons (Fsp3) is 0.900. The minimum Gasteiger partial charge on any atom is -0.387 e. The van der Waals surface area contributed by atoms with Gasteiger partial charge in [-0.1, -0.05) is 12.8 Å². The van der Waals surface area contributed by atoms with E-state index in [0.29, 0.717) is 17.9 Å². The van der Waals surface area contributed by atoms with Gasteiger partial charge in [-0.25, -0.2) is 0 Å². The van der Waals surface area contributed by atoms with Crippen molar-refractivity contribution in [1.82, 2.24) is 4.90 Å². The monoisotopic (exact) mass is 181 g/mol. The predicted octanol–water partition coefficient (Wildman–Crippen LogP) is 1.33. The van der Waals surface area contributed by atoms with Crippen LogP contribution in [0.1, 0.15) is 38.5 Å². The second-order valence-corrected chi connectivity index (χ2v) is 4.48. The Bertz CT molecular complexity index is 201. The van der Waals surface area contributed by atoms with Gasteiger partial charge < -0.3 is 5.73 Å². The Labute approximate surface area is 79.8 Å². The average Bonchev–Trinajstić information content (AvgIpc) is 2.64. The van der Waals surface area contributed by atoms with Crippen LogP contribution < -0.4 is 5.73 Å². The summed E-state index contributed by atoms with van der Waals surface area (Å²) in [5.74, 6) is 0.327. The van der Waals surface area contributed by atoms with Gasteiger partial charge >= 0.3 is 0 Å². The number of nitrogens with one attached hydrogen (secondary N) is 1. The van der Waals surface area contributed by atoms with Gasteiger partial charge in [-0.15, -0.1) is 0 Å². The van der Waals surface area contributed by atoms with Crippen LogP contribution in [-0.2, 0) is 0 Å². The fourth-order valence-electron chi connectivity index (χ4n) is 3.05. The lowest BCUT2D eigenvalue weighted by molar-refractivity contribution is 0.165. The Morgan fingerprint density at radius 1 is 1.23 bits per heavy atom. The Morgan fingerprint density at radius 3 is 2.46 bits per heavy atom. The number of hydrogen-bond acceptors (Lipinski definition) is 2. The van der Waals surface area contributed by atoms with Crippen LogP contribution in [0.2, 0.25) is 0 Å². The first-order valence-electron chi connectivity index (χ1n) is 5.31. The highest BCUT2D eigenvalue weighted by Gasteiger charge is 2.42. The topological polar surface area (TPSA) is 53.1 Å². The van der Waals surface area contributed by atoms with Gasteiger partial charge in [0.25, 0.3) is 0 Å². The molecule has 0 aromatic carbocycles. The summed E-state index contributed by atoms with van der Waals surface area (Å²) in [5.41, 5.74) is 5.91. The molecule has 1 saturated carbocycles. The first-order chi connectivity index (χ1) is 6.23. The first kappa shape index (κ1) is 9.00. The molecule has 2 aliphatic rings. The molecule has 2 fully saturated rings. The molecule has 0 radical (unpaired) electrons. The molecule has 1 aliphatic heterocycles. The minimum absolute atomic E-state index is 0.327. The summed E-state index contributed by atoms with van der Waals surface area (Å²) < 4.78 is 0. The Hall–Kier alpha value is -0.570. The van der Waals surface area contributed by atoms with Crippen LogP contribution in [0.3, 0.4) is 0 Å². The molecule has 1 heterocycles. The molecule has 3 N–H and O–H groups in total. The number of nitrogens with zero attached hydrogens (tertiary/aromatic N) is 1. The third-order valence-electron chi connectivity index (χ3n) is 3.64. The summed E-state index contributed by atoms with van der Waals surface area (Å²) in [6.07, 6.45) is 8.04. The van der Waals surface area contributed by atoms with Crippen molar-refractivity contribution in [2.45, 2.75) is 44.1 Å². The van der Waals surface area contributed by atoms with Crippen molar-refractivity contribution >= 4 is 5.84 Å². The van der Waals surface area contributed by atoms with Gasteiger partial charge in [-0.2, -0.15) is 0 Å². The van der Waals surface area contributed by atoms with E-state index in [1.807, 2.05) is 0 Å². The molecular formula is C10H19N3. The molecule has 1 spiro atoms. The van der Waals surface area contributed by atoms with E-state index < -0.39 is 0 Å². The summed E-state index contributed by atoms with van der Waals surface area (Å²) in [6, 6.07) is 0. The van der Waals surface area contributed by atoms with Crippen molar-refractivity contribution in [2.75, 3.05) is 13.1 Å².